The van der Waals surface area contributed by atoms with Crippen LogP contribution in [0.5, 0.6) is 0 Å². The van der Waals surface area contributed by atoms with Crippen molar-refractivity contribution in [3.05, 3.63) is 29.3 Å². The van der Waals surface area contributed by atoms with E-state index in [0.29, 0.717) is 6.04 Å². The Morgan fingerprint density at radius 2 is 2.00 bits per heavy atom. The summed E-state index contributed by atoms with van der Waals surface area (Å²) < 4.78 is 0. The quantitative estimate of drug-likeness (QED) is 0.783. The molecule has 84 valence electrons. The molecule has 0 bridgehead atoms. The first kappa shape index (κ1) is 9.70. The van der Waals surface area contributed by atoms with E-state index in [9.17, 15) is 4.79 Å². The van der Waals surface area contributed by atoms with E-state index in [2.05, 4.69) is 22.8 Å². The molecule has 2 aliphatic rings. The van der Waals surface area contributed by atoms with Crippen LogP contribution >= 0.6 is 0 Å². The fourth-order valence-corrected chi connectivity index (χ4v) is 2.23. The van der Waals surface area contributed by atoms with Crippen LogP contribution in [-0.2, 0) is 12.8 Å². The maximum Gasteiger partial charge on any atom is 0.319 e. The van der Waals surface area contributed by atoms with Gasteiger partial charge in [0.1, 0.15) is 0 Å². The zero-order chi connectivity index (χ0) is 11.0. The van der Waals surface area contributed by atoms with Crippen LogP contribution in [0.4, 0.5) is 10.5 Å². The van der Waals surface area contributed by atoms with Crippen molar-refractivity contribution in [3.63, 3.8) is 0 Å². The molecule has 0 unspecified atom stereocenters. The molecule has 3 rings (SSSR count). The Labute approximate surface area is 95.2 Å². The van der Waals surface area contributed by atoms with Crippen LogP contribution in [0.15, 0.2) is 18.2 Å². The lowest BCUT2D eigenvalue weighted by molar-refractivity contribution is 0.251. The van der Waals surface area contributed by atoms with Crippen molar-refractivity contribution < 1.29 is 4.79 Å². The molecule has 0 heterocycles. The predicted octanol–water partition coefficient (Wildman–Crippen LogP) is 2.46. The van der Waals surface area contributed by atoms with Gasteiger partial charge in [0.2, 0.25) is 0 Å². The molecule has 1 fully saturated rings. The molecule has 0 radical (unpaired) electrons. The van der Waals surface area contributed by atoms with Crippen LogP contribution in [0.25, 0.3) is 0 Å². The highest BCUT2D eigenvalue weighted by Crippen LogP contribution is 2.25. The van der Waals surface area contributed by atoms with Crippen LogP contribution in [0.1, 0.15) is 30.4 Å². The van der Waals surface area contributed by atoms with E-state index in [4.69, 9.17) is 0 Å². The number of hydrogen-bond donors (Lipinski definition) is 2. The summed E-state index contributed by atoms with van der Waals surface area (Å²) in [5.41, 5.74) is 3.75. The summed E-state index contributed by atoms with van der Waals surface area (Å²) in [5, 5.41) is 5.81. The second kappa shape index (κ2) is 3.81. The third-order valence-corrected chi connectivity index (χ3v) is 3.27. The van der Waals surface area contributed by atoms with Gasteiger partial charge in [-0.2, -0.15) is 0 Å². The summed E-state index contributed by atoms with van der Waals surface area (Å²) in [4.78, 5) is 11.5. The van der Waals surface area contributed by atoms with E-state index < -0.39 is 0 Å². The molecule has 1 aromatic rings. The van der Waals surface area contributed by atoms with Crippen molar-refractivity contribution >= 4 is 11.7 Å². The topological polar surface area (TPSA) is 41.1 Å². The first-order valence-corrected chi connectivity index (χ1v) is 6.00. The van der Waals surface area contributed by atoms with E-state index in [0.717, 1.165) is 24.9 Å². The number of anilines is 1. The van der Waals surface area contributed by atoms with Crippen LogP contribution in [-0.4, -0.2) is 12.1 Å². The Morgan fingerprint density at radius 3 is 2.81 bits per heavy atom. The lowest BCUT2D eigenvalue weighted by Crippen LogP contribution is -2.30. The second-order valence-corrected chi connectivity index (χ2v) is 4.71. The van der Waals surface area contributed by atoms with Gasteiger partial charge in [-0.05, 0) is 55.4 Å². The summed E-state index contributed by atoms with van der Waals surface area (Å²) >= 11 is 0. The molecule has 2 N–H and O–H groups in total. The van der Waals surface area contributed by atoms with Crippen LogP contribution in [0, 0.1) is 0 Å². The lowest BCUT2D eigenvalue weighted by atomic mass is 10.1. The van der Waals surface area contributed by atoms with Gasteiger partial charge in [-0.1, -0.05) is 6.07 Å². The largest absolute Gasteiger partial charge is 0.335 e. The molecule has 0 atom stereocenters. The highest BCUT2D eigenvalue weighted by atomic mass is 16.2. The molecule has 0 spiro atoms. The smallest absolute Gasteiger partial charge is 0.319 e. The highest BCUT2D eigenvalue weighted by molar-refractivity contribution is 5.89. The number of fused-ring (bicyclic) bond motifs is 1. The number of hydrogen-bond acceptors (Lipinski definition) is 1. The minimum Gasteiger partial charge on any atom is -0.335 e. The van der Waals surface area contributed by atoms with Gasteiger partial charge in [0.25, 0.3) is 0 Å². The SMILES string of the molecule is O=C(Nc1ccc2c(c1)CCC2)NC1CC1. The molecule has 2 amide bonds. The first-order valence-electron chi connectivity index (χ1n) is 6.00. The van der Waals surface area contributed by atoms with Crippen LogP contribution < -0.4 is 10.6 Å². The summed E-state index contributed by atoms with van der Waals surface area (Å²) in [6.07, 6.45) is 5.82. The third kappa shape index (κ3) is 2.03. The Hall–Kier alpha value is -1.51. The number of nitrogens with one attached hydrogen (secondary N) is 2. The molecule has 16 heavy (non-hydrogen) atoms. The molecule has 2 aliphatic carbocycles. The van der Waals surface area contributed by atoms with Gasteiger partial charge in [0.05, 0.1) is 0 Å². The van der Waals surface area contributed by atoms with Crippen molar-refractivity contribution in [3.8, 4) is 0 Å². The van der Waals surface area contributed by atoms with Gasteiger partial charge in [-0.25, -0.2) is 4.79 Å². The first-order chi connectivity index (χ1) is 7.81. The Kier molecular flexibility index (Phi) is 2.31. The zero-order valence-corrected chi connectivity index (χ0v) is 9.25. The summed E-state index contributed by atoms with van der Waals surface area (Å²) in [6, 6.07) is 6.58. The number of rotatable bonds is 2. The van der Waals surface area contributed by atoms with Gasteiger partial charge in [0, 0.05) is 11.7 Å². The summed E-state index contributed by atoms with van der Waals surface area (Å²) in [6.45, 7) is 0. The molecule has 0 saturated heterocycles. The number of carbonyl (C=O) groups is 1. The molecule has 1 saturated carbocycles. The Balaban J connectivity index is 1.67. The molecule has 0 aliphatic heterocycles. The molecule has 1 aromatic carbocycles. The maximum atomic E-state index is 11.5. The van der Waals surface area contributed by atoms with Crippen molar-refractivity contribution in [2.75, 3.05) is 5.32 Å². The van der Waals surface area contributed by atoms with Crippen molar-refractivity contribution in [1.29, 1.82) is 0 Å². The third-order valence-electron chi connectivity index (χ3n) is 3.27. The predicted molar refractivity (Wildman–Crippen MR) is 63.6 cm³/mol. The van der Waals surface area contributed by atoms with Crippen molar-refractivity contribution in [1.82, 2.24) is 5.32 Å². The minimum atomic E-state index is -0.0690. The number of amides is 2. The maximum absolute atomic E-state index is 11.5. The van der Waals surface area contributed by atoms with Gasteiger partial charge < -0.3 is 10.6 Å². The summed E-state index contributed by atoms with van der Waals surface area (Å²) in [5.74, 6) is 0. The average Bonchev–Trinajstić information content (AvgIpc) is 2.95. The summed E-state index contributed by atoms with van der Waals surface area (Å²) in [7, 11) is 0. The number of urea groups is 1. The highest BCUT2D eigenvalue weighted by Gasteiger charge is 2.23. The van der Waals surface area contributed by atoms with Gasteiger partial charge >= 0.3 is 6.03 Å². The minimum absolute atomic E-state index is 0.0690. The number of benzene rings is 1. The Morgan fingerprint density at radius 1 is 1.19 bits per heavy atom. The molecule has 3 heteroatoms. The van der Waals surface area contributed by atoms with Crippen LogP contribution in [0.2, 0.25) is 0 Å². The van der Waals surface area contributed by atoms with Crippen LogP contribution in [0.3, 0.4) is 0 Å². The monoisotopic (exact) mass is 216 g/mol. The fraction of sp³-hybridized carbons (Fsp3) is 0.462. The average molecular weight is 216 g/mol. The van der Waals surface area contributed by atoms with Crippen molar-refractivity contribution in [2.24, 2.45) is 0 Å². The van der Waals surface area contributed by atoms with E-state index in [1.165, 1.54) is 24.0 Å². The fourth-order valence-electron chi connectivity index (χ4n) is 2.23. The van der Waals surface area contributed by atoms with E-state index in [1.54, 1.807) is 0 Å². The van der Waals surface area contributed by atoms with Gasteiger partial charge in [-0.3, -0.25) is 0 Å². The van der Waals surface area contributed by atoms with Gasteiger partial charge in [0.15, 0.2) is 0 Å². The molecular weight excluding hydrogens is 200 g/mol. The zero-order valence-electron chi connectivity index (χ0n) is 9.25. The van der Waals surface area contributed by atoms with E-state index in [-0.39, 0.29) is 6.03 Å². The lowest BCUT2D eigenvalue weighted by Gasteiger charge is -2.08. The number of aryl methyl sites for hydroxylation is 2. The second-order valence-electron chi connectivity index (χ2n) is 4.71. The van der Waals surface area contributed by atoms with Crippen molar-refractivity contribution in [2.45, 2.75) is 38.1 Å². The van der Waals surface area contributed by atoms with Gasteiger partial charge in [-0.15, -0.1) is 0 Å². The molecular formula is C13H16N2O. The van der Waals surface area contributed by atoms with E-state index >= 15 is 0 Å². The number of carbonyl (C=O) groups excluding carboxylic acids is 1. The normalized spacial score (nSPS) is 18.0. The standard InChI is InChI=1S/C13H16N2O/c16-13(14-11-6-7-11)15-12-5-4-9-2-1-3-10(9)8-12/h4-5,8,11H,1-3,6-7H2,(H2,14,15,16). The molecule has 3 nitrogen and oxygen atoms in total. The Bertz CT molecular complexity index is 424. The molecule has 0 aromatic heterocycles. The van der Waals surface area contributed by atoms with E-state index in [1.807, 2.05) is 6.07 Å².